The van der Waals surface area contributed by atoms with Crippen LogP contribution in [0.4, 0.5) is 0 Å². The number of pyridine rings is 1. The number of carbonyl (C=O) groups is 1. The minimum Gasteiger partial charge on any atom is -0.492 e. The van der Waals surface area contributed by atoms with Crippen LogP contribution in [0.3, 0.4) is 0 Å². The summed E-state index contributed by atoms with van der Waals surface area (Å²) in [5.41, 5.74) is 0.583. The maximum Gasteiger partial charge on any atom is 0.255 e. The Hall–Kier alpha value is -1.62. The van der Waals surface area contributed by atoms with Gasteiger partial charge in [0.05, 0.1) is 24.5 Å². The molecule has 0 bridgehead atoms. The first-order valence-corrected chi connectivity index (χ1v) is 6.30. The third-order valence-corrected chi connectivity index (χ3v) is 3.33. The van der Waals surface area contributed by atoms with E-state index in [1.165, 1.54) is 0 Å². The maximum absolute atomic E-state index is 12.3. The summed E-state index contributed by atoms with van der Waals surface area (Å²) < 4.78 is 10.8. The summed E-state index contributed by atoms with van der Waals surface area (Å²) >= 11 is 0. The van der Waals surface area contributed by atoms with Crippen molar-refractivity contribution >= 4 is 5.91 Å². The Labute approximate surface area is 106 Å². The van der Waals surface area contributed by atoms with E-state index in [0.717, 1.165) is 13.0 Å². The van der Waals surface area contributed by atoms with Crippen molar-refractivity contribution in [3.05, 3.63) is 24.0 Å². The predicted molar refractivity (Wildman–Crippen MR) is 64.6 cm³/mol. The molecular formula is C13H16N2O3. The number of carbonyl (C=O) groups excluding carboxylic acids is 1. The average molecular weight is 248 g/mol. The van der Waals surface area contributed by atoms with Crippen molar-refractivity contribution in [2.45, 2.75) is 25.6 Å². The molecule has 0 radical (unpaired) electrons. The number of hydrogen-bond acceptors (Lipinski definition) is 4. The molecule has 0 saturated carbocycles. The van der Waals surface area contributed by atoms with Gasteiger partial charge in [0, 0.05) is 19.3 Å². The molecule has 0 N–H and O–H groups in total. The van der Waals surface area contributed by atoms with Gasteiger partial charge in [-0.05, 0) is 19.4 Å². The molecule has 2 aliphatic heterocycles. The van der Waals surface area contributed by atoms with E-state index in [9.17, 15) is 4.79 Å². The number of fused-ring (bicyclic) bond motifs is 1. The molecule has 2 saturated heterocycles. The average Bonchev–Trinajstić information content (AvgIpc) is 3.17. The number of nitrogens with zero attached hydrogens (tertiary/aromatic N) is 2. The molecule has 0 unspecified atom stereocenters. The van der Waals surface area contributed by atoms with Crippen LogP contribution >= 0.6 is 0 Å². The molecule has 0 spiro atoms. The highest BCUT2D eigenvalue weighted by Gasteiger charge is 2.44. The lowest BCUT2D eigenvalue weighted by Crippen LogP contribution is -2.39. The molecule has 2 atom stereocenters. The highest BCUT2D eigenvalue weighted by atomic mass is 16.6. The quantitative estimate of drug-likeness (QED) is 0.751. The fourth-order valence-electron chi connectivity index (χ4n) is 2.33. The van der Waals surface area contributed by atoms with Gasteiger partial charge in [-0.2, -0.15) is 0 Å². The van der Waals surface area contributed by atoms with Crippen LogP contribution in [0.5, 0.6) is 5.75 Å². The van der Waals surface area contributed by atoms with E-state index >= 15 is 0 Å². The fourth-order valence-corrected chi connectivity index (χ4v) is 2.33. The number of aromatic nitrogens is 1. The SMILES string of the molecule is CCOc1cncc(C(=O)N2CC[C@@H]3O[C@H]3C2)c1. The van der Waals surface area contributed by atoms with Crippen molar-refractivity contribution in [1.82, 2.24) is 9.88 Å². The smallest absolute Gasteiger partial charge is 0.255 e. The second kappa shape index (κ2) is 4.57. The van der Waals surface area contributed by atoms with E-state index in [0.29, 0.717) is 30.6 Å². The Morgan fingerprint density at radius 3 is 3.22 bits per heavy atom. The number of rotatable bonds is 3. The van der Waals surface area contributed by atoms with Crippen LogP contribution < -0.4 is 4.74 Å². The third kappa shape index (κ3) is 2.18. The molecular weight excluding hydrogens is 232 g/mol. The molecule has 2 fully saturated rings. The summed E-state index contributed by atoms with van der Waals surface area (Å²) in [6.07, 6.45) is 4.79. The summed E-state index contributed by atoms with van der Waals surface area (Å²) in [6, 6.07) is 1.75. The zero-order chi connectivity index (χ0) is 12.5. The lowest BCUT2D eigenvalue weighted by Gasteiger charge is -2.24. The standard InChI is InChI=1S/C13H16N2O3/c1-2-17-10-5-9(6-14-7-10)13(16)15-4-3-11-12(8-15)18-11/h5-7,11-12H,2-4,8H2,1H3/t11-,12-/m0/s1. The van der Waals surface area contributed by atoms with E-state index in [-0.39, 0.29) is 12.0 Å². The van der Waals surface area contributed by atoms with Gasteiger partial charge in [-0.3, -0.25) is 9.78 Å². The second-order valence-electron chi connectivity index (χ2n) is 4.60. The van der Waals surface area contributed by atoms with Crippen molar-refractivity contribution in [3.8, 4) is 5.75 Å². The molecule has 96 valence electrons. The zero-order valence-electron chi connectivity index (χ0n) is 10.3. The van der Waals surface area contributed by atoms with E-state index < -0.39 is 0 Å². The van der Waals surface area contributed by atoms with E-state index in [1.54, 1.807) is 18.5 Å². The van der Waals surface area contributed by atoms with Crippen molar-refractivity contribution in [2.24, 2.45) is 0 Å². The Bertz CT molecular complexity index is 463. The second-order valence-corrected chi connectivity index (χ2v) is 4.60. The molecule has 18 heavy (non-hydrogen) atoms. The number of likely N-dealkylation sites (tertiary alicyclic amines) is 1. The van der Waals surface area contributed by atoms with Crippen LogP contribution in [-0.2, 0) is 4.74 Å². The monoisotopic (exact) mass is 248 g/mol. The zero-order valence-corrected chi connectivity index (χ0v) is 10.3. The van der Waals surface area contributed by atoms with Gasteiger partial charge in [0.15, 0.2) is 0 Å². The molecule has 5 heteroatoms. The Morgan fingerprint density at radius 2 is 2.44 bits per heavy atom. The van der Waals surface area contributed by atoms with Crippen LogP contribution in [0.1, 0.15) is 23.7 Å². The van der Waals surface area contributed by atoms with Gasteiger partial charge in [0.1, 0.15) is 11.9 Å². The molecule has 2 aliphatic rings. The van der Waals surface area contributed by atoms with Gasteiger partial charge >= 0.3 is 0 Å². The highest BCUT2D eigenvalue weighted by Crippen LogP contribution is 2.31. The molecule has 0 aromatic carbocycles. The minimum atomic E-state index is 0.0120. The summed E-state index contributed by atoms with van der Waals surface area (Å²) in [6.45, 7) is 3.94. The first-order valence-electron chi connectivity index (χ1n) is 6.30. The van der Waals surface area contributed by atoms with Gasteiger partial charge in [-0.15, -0.1) is 0 Å². The largest absolute Gasteiger partial charge is 0.492 e. The summed E-state index contributed by atoms with van der Waals surface area (Å²) in [7, 11) is 0. The number of epoxide rings is 1. The normalized spacial score (nSPS) is 25.5. The van der Waals surface area contributed by atoms with Gasteiger partial charge in [-0.1, -0.05) is 0 Å². The van der Waals surface area contributed by atoms with Crippen LogP contribution in [0.2, 0.25) is 0 Å². The highest BCUT2D eigenvalue weighted by molar-refractivity contribution is 5.94. The lowest BCUT2D eigenvalue weighted by atomic mass is 10.1. The summed E-state index contributed by atoms with van der Waals surface area (Å²) in [5.74, 6) is 0.652. The van der Waals surface area contributed by atoms with Crippen LogP contribution in [0.25, 0.3) is 0 Å². The maximum atomic E-state index is 12.3. The number of piperidine rings is 1. The first-order chi connectivity index (χ1) is 8.78. The van der Waals surface area contributed by atoms with E-state index in [1.807, 2.05) is 11.8 Å². The van der Waals surface area contributed by atoms with Crippen molar-refractivity contribution in [2.75, 3.05) is 19.7 Å². The van der Waals surface area contributed by atoms with Gasteiger partial charge in [-0.25, -0.2) is 0 Å². The molecule has 5 nitrogen and oxygen atoms in total. The lowest BCUT2D eigenvalue weighted by molar-refractivity contribution is 0.0735. The number of hydrogen-bond donors (Lipinski definition) is 0. The Morgan fingerprint density at radius 1 is 1.56 bits per heavy atom. The van der Waals surface area contributed by atoms with Crippen LogP contribution in [-0.4, -0.2) is 47.7 Å². The Kier molecular flexibility index (Phi) is 2.91. The van der Waals surface area contributed by atoms with Crippen molar-refractivity contribution in [1.29, 1.82) is 0 Å². The molecule has 0 aliphatic carbocycles. The van der Waals surface area contributed by atoms with Gasteiger partial charge < -0.3 is 14.4 Å². The van der Waals surface area contributed by atoms with E-state index in [2.05, 4.69) is 4.98 Å². The summed E-state index contributed by atoms with van der Waals surface area (Å²) in [5, 5.41) is 0. The van der Waals surface area contributed by atoms with Crippen molar-refractivity contribution < 1.29 is 14.3 Å². The molecule has 1 aromatic heterocycles. The van der Waals surface area contributed by atoms with Crippen LogP contribution in [0.15, 0.2) is 18.5 Å². The summed E-state index contributed by atoms with van der Waals surface area (Å²) in [4.78, 5) is 18.2. The fraction of sp³-hybridized carbons (Fsp3) is 0.538. The first kappa shape index (κ1) is 11.5. The molecule has 3 rings (SSSR count). The molecule has 1 amide bonds. The van der Waals surface area contributed by atoms with E-state index in [4.69, 9.17) is 9.47 Å². The van der Waals surface area contributed by atoms with Gasteiger partial charge in [0.2, 0.25) is 0 Å². The topological polar surface area (TPSA) is 55.0 Å². The molecule has 1 aromatic rings. The van der Waals surface area contributed by atoms with Crippen molar-refractivity contribution in [3.63, 3.8) is 0 Å². The predicted octanol–water partition coefficient (Wildman–Crippen LogP) is 1.09. The molecule has 3 heterocycles. The van der Waals surface area contributed by atoms with Crippen LogP contribution in [0, 0.1) is 0 Å². The third-order valence-electron chi connectivity index (χ3n) is 3.33. The number of amides is 1. The minimum absolute atomic E-state index is 0.0120. The Balaban J connectivity index is 1.72. The van der Waals surface area contributed by atoms with Gasteiger partial charge in [0.25, 0.3) is 5.91 Å². The number of ether oxygens (including phenoxy) is 2.